The van der Waals surface area contributed by atoms with Gasteiger partial charge in [0.05, 0.1) is 0 Å². The maximum Gasteiger partial charge on any atom is 0.337 e. The topological polar surface area (TPSA) is 54.4 Å². The summed E-state index contributed by atoms with van der Waals surface area (Å²) in [5, 5.41) is 0.215. The first-order valence-corrected chi connectivity index (χ1v) is 2.59. The van der Waals surface area contributed by atoms with E-state index in [9.17, 15) is 8.42 Å². The van der Waals surface area contributed by atoms with E-state index < -0.39 is 10.1 Å². The molecule has 0 aromatic carbocycles. The summed E-state index contributed by atoms with van der Waals surface area (Å²) in [6.07, 6.45) is 0. The summed E-state index contributed by atoms with van der Waals surface area (Å²) in [7, 11) is -4.01. The van der Waals surface area contributed by atoms with Gasteiger partial charge in [-0.15, -0.1) is 0 Å². The lowest BCUT2D eigenvalue weighted by atomic mass is 11.3. The van der Waals surface area contributed by atoms with E-state index >= 15 is 0 Å². The standard InChI is InChI=1S/C2H2O3S/c1-2-6(3,4)5/h1-2H/p+1. The minimum Gasteiger partial charge on any atom is -0.279 e. The van der Waals surface area contributed by atoms with E-state index in [1.165, 1.54) is 0 Å². The fraction of sp³-hybridized carbons (Fsp3) is 0. The summed E-state index contributed by atoms with van der Waals surface area (Å²) in [6, 6.07) is 0. The molecule has 0 aromatic heterocycles. The number of hydrogen-bond acceptors (Lipinski definition) is 2. The quantitative estimate of drug-likeness (QED) is 0.373. The lowest BCUT2D eigenvalue weighted by Gasteiger charge is -1.66. The van der Waals surface area contributed by atoms with E-state index in [1.807, 2.05) is 0 Å². The van der Waals surface area contributed by atoms with Crippen molar-refractivity contribution in [1.82, 2.24) is 0 Å². The normalized spacial score (nSPS) is 10.7. The van der Waals surface area contributed by atoms with Crippen molar-refractivity contribution in [3.05, 3.63) is 12.0 Å². The van der Waals surface area contributed by atoms with Gasteiger partial charge in [0.25, 0.3) is 5.41 Å². The Morgan fingerprint density at radius 1 is 1.67 bits per heavy atom. The highest BCUT2D eigenvalue weighted by molar-refractivity contribution is 7.88. The first kappa shape index (κ1) is 5.56. The molecule has 34 valence electrons. The molecule has 0 aliphatic carbocycles. The molecular formula is C2H3O3S+. The predicted octanol–water partition coefficient (Wildman–Crippen LogP) is -0.179. The molecule has 0 unspecified atom stereocenters. The van der Waals surface area contributed by atoms with E-state index in [-0.39, 0.29) is 5.41 Å². The Bertz CT molecular complexity index is 119. The average Bonchev–Trinajstić information content (AvgIpc) is 1.35. The van der Waals surface area contributed by atoms with Crippen LogP contribution in [0, 0.1) is 6.58 Å². The first-order valence-electron chi connectivity index (χ1n) is 1.08. The molecule has 0 rings (SSSR count). The van der Waals surface area contributed by atoms with Crippen molar-refractivity contribution in [2.45, 2.75) is 0 Å². The molecule has 0 saturated heterocycles. The molecule has 0 saturated carbocycles. The molecule has 0 bridgehead atoms. The zero-order valence-electron chi connectivity index (χ0n) is 2.83. The van der Waals surface area contributed by atoms with Crippen molar-refractivity contribution in [2.24, 2.45) is 0 Å². The second-order valence-corrected chi connectivity index (χ2v) is 1.95. The Balaban J connectivity index is 4.25. The molecule has 6 heavy (non-hydrogen) atoms. The monoisotopic (exact) mass is 107 g/mol. The summed E-state index contributed by atoms with van der Waals surface area (Å²) in [6.45, 7) is 4.34. The third-order valence-corrected chi connectivity index (χ3v) is 0.516. The van der Waals surface area contributed by atoms with Crippen molar-refractivity contribution >= 4 is 10.1 Å². The molecule has 0 aromatic rings. The zero-order valence-corrected chi connectivity index (χ0v) is 3.64. The summed E-state index contributed by atoms with van der Waals surface area (Å²) in [4.78, 5) is 0. The van der Waals surface area contributed by atoms with E-state index in [1.54, 1.807) is 0 Å². The molecule has 0 aliphatic rings. The Morgan fingerprint density at radius 2 is 1.83 bits per heavy atom. The summed E-state index contributed by atoms with van der Waals surface area (Å²) in [5.41, 5.74) is 0. The van der Waals surface area contributed by atoms with Crippen LogP contribution in [0.15, 0.2) is 5.41 Å². The Morgan fingerprint density at radius 3 is 1.83 bits per heavy atom. The third-order valence-electron chi connectivity index (χ3n) is 0.172. The van der Waals surface area contributed by atoms with Crippen LogP contribution >= 0.6 is 0 Å². The molecular weight excluding hydrogens is 104 g/mol. The van der Waals surface area contributed by atoms with Crippen molar-refractivity contribution in [3.8, 4) is 0 Å². The molecule has 0 radical (unpaired) electrons. The van der Waals surface area contributed by atoms with Gasteiger partial charge < -0.3 is 0 Å². The second-order valence-electron chi connectivity index (χ2n) is 0.651. The van der Waals surface area contributed by atoms with E-state index in [0.29, 0.717) is 0 Å². The maximum absolute atomic E-state index is 9.38. The van der Waals surface area contributed by atoms with Crippen LogP contribution in [0.1, 0.15) is 0 Å². The maximum atomic E-state index is 9.38. The SMILES string of the molecule is [CH+]=CS(=O)(=O)O. The average molecular weight is 107 g/mol. The van der Waals surface area contributed by atoms with Crippen LogP contribution in [0.4, 0.5) is 0 Å². The summed E-state index contributed by atoms with van der Waals surface area (Å²) < 4.78 is 26.4. The van der Waals surface area contributed by atoms with Crippen molar-refractivity contribution in [2.75, 3.05) is 0 Å². The van der Waals surface area contributed by atoms with E-state index in [0.717, 1.165) is 0 Å². The fourth-order valence-corrected chi connectivity index (χ4v) is 0. The molecule has 0 aliphatic heterocycles. The number of rotatable bonds is 1. The van der Waals surface area contributed by atoms with Crippen molar-refractivity contribution in [3.63, 3.8) is 0 Å². The number of hydrogen-bond donors (Lipinski definition) is 1. The van der Waals surface area contributed by atoms with Gasteiger partial charge in [-0.05, 0) is 0 Å². The van der Waals surface area contributed by atoms with Crippen molar-refractivity contribution in [1.29, 1.82) is 0 Å². The minimum atomic E-state index is -4.01. The van der Waals surface area contributed by atoms with Gasteiger partial charge in [-0.1, -0.05) is 0 Å². The predicted molar refractivity (Wildman–Crippen MR) is 20.4 cm³/mol. The first-order chi connectivity index (χ1) is 2.56. The molecule has 0 spiro atoms. The Kier molecular flexibility index (Phi) is 1.24. The van der Waals surface area contributed by atoms with Gasteiger partial charge in [0.1, 0.15) is 0 Å². The van der Waals surface area contributed by atoms with Crippen LogP contribution in [0.2, 0.25) is 0 Å². The van der Waals surface area contributed by atoms with E-state index in [2.05, 4.69) is 6.58 Å². The third kappa shape index (κ3) is 3.56. The second kappa shape index (κ2) is 1.34. The molecule has 1 N–H and O–H groups in total. The lowest BCUT2D eigenvalue weighted by molar-refractivity contribution is 0.494. The van der Waals surface area contributed by atoms with Crippen LogP contribution in [0.5, 0.6) is 0 Å². The molecule has 0 heterocycles. The molecule has 0 amide bonds. The lowest BCUT2D eigenvalue weighted by Crippen LogP contribution is -1.86. The Labute approximate surface area is 36.0 Å². The van der Waals surface area contributed by atoms with Crippen LogP contribution < -0.4 is 0 Å². The molecule has 3 nitrogen and oxygen atoms in total. The van der Waals surface area contributed by atoms with Gasteiger partial charge in [0, 0.05) is 0 Å². The van der Waals surface area contributed by atoms with Gasteiger partial charge >= 0.3 is 10.1 Å². The van der Waals surface area contributed by atoms with Gasteiger partial charge in [0.2, 0.25) is 6.58 Å². The molecule has 0 atom stereocenters. The zero-order chi connectivity index (χ0) is 5.21. The smallest absolute Gasteiger partial charge is 0.279 e. The van der Waals surface area contributed by atoms with Gasteiger partial charge in [-0.2, -0.15) is 8.42 Å². The van der Waals surface area contributed by atoms with Gasteiger partial charge in [-0.3, -0.25) is 4.55 Å². The summed E-state index contributed by atoms with van der Waals surface area (Å²) >= 11 is 0. The minimum absolute atomic E-state index is 0.215. The summed E-state index contributed by atoms with van der Waals surface area (Å²) in [5.74, 6) is 0. The van der Waals surface area contributed by atoms with E-state index in [4.69, 9.17) is 4.55 Å². The van der Waals surface area contributed by atoms with Crippen LogP contribution in [-0.4, -0.2) is 13.0 Å². The Hall–Kier alpha value is -0.440. The van der Waals surface area contributed by atoms with Crippen LogP contribution in [0.25, 0.3) is 0 Å². The molecule has 4 heteroatoms. The highest BCUT2D eigenvalue weighted by atomic mass is 32.2. The van der Waals surface area contributed by atoms with Crippen LogP contribution in [0.3, 0.4) is 0 Å². The fourth-order valence-electron chi connectivity index (χ4n) is 0. The van der Waals surface area contributed by atoms with Gasteiger partial charge in [0.15, 0.2) is 0 Å². The highest BCUT2D eigenvalue weighted by Gasteiger charge is 1.97. The van der Waals surface area contributed by atoms with Crippen LogP contribution in [-0.2, 0) is 10.1 Å². The molecule has 0 fully saturated rings. The van der Waals surface area contributed by atoms with Gasteiger partial charge in [-0.25, -0.2) is 0 Å². The largest absolute Gasteiger partial charge is 0.337 e. The highest BCUT2D eigenvalue weighted by Crippen LogP contribution is 1.75. The van der Waals surface area contributed by atoms with Crippen molar-refractivity contribution < 1.29 is 13.0 Å².